The SMILES string of the molecule is CCSCC(C)NCC(O)COCc1ccccc1. The molecule has 0 aliphatic rings. The minimum atomic E-state index is -0.446. The van der Waals surface area contributed by atoms with E-state index in [9.17, 15) is 5.11 Å². The Balaban J connectivity index is 2.06. The quantitative estimate of drug-likeness (QED) is 0.691. The van der Waals surface area contributed by atoms with Crippen molar-refractivity contribution in [3.8, 4) is 0 Å². The van der Waals surface area contributed by atoms with Crippen molar-refractivity contribution in [2.45, 2.75) is 32.6 Å². The lowest BCUT2D eigenvalue weighted by Crippen LogP contribution is -2.37. The monoisotopic (exact) mass is 283 g/mol. The van der Waals surface area contributed by atoms with E-state index in [1.165, 1.54) is 0 Å². The first-order valence-electron chi connectivity index (χ1n) is 6.83. The first-order chi connectivity index (χ1) is 9.22. The normalized spacial score (nSPS) is 14.3. The van der Waals surface area contributed by atoms with Crippen molar-refractivity contribution in [1.29, 1.82) is 0 Å². The fourth-order valence-electron chi connectivity index (χ4n) is 1.64. The molecule has 0 amide bonds. The molecule has 108 valence electrons. The molecule has 0 saturated carbocycles. The largest absolute Gasteiger partial charge is 0.389 e. The second-order valence-corrected chi connectivity index (χ2v) is 5.94. The summed E-state index contributed by atoms with van der Waals surface area (Å²) < 4.78 is 5.50. The van der Waals surface area contributed by atoms with Gasteiger partial charge in [0.25, 0.3) is 0 Å². The van der Waals surface area contributed by atoms with Crippen LogP contribution < -0.4 is 5.32 Å². The minimum Gasteiger partial charge on any atom is -0.389 e. The lowest BCUT2D eigenvalue weighted by molar-refractivity contribution is 0.0281. The predicted octanol–water partition coefficient (Wildman–Crippen LogP) is 2.30. The third kappa shape index (κ3) is 8.26. The van der Waals surface area contributed by atoms with Crippen molar-refractivity contribution in [3.63, 3.8) is 0 Å². The highest BCUT2D eigenvalue weighted by molar-refractivity contribution is 7.99. The van der Waals surface area contributed by atoms with Gasteiger partial charge in [-0.05, 0) is 18.2 Å². The van der Waals surface area contributed by atoms with E-state index in [1.54, 1.807) is 0 Å². The maximum atomic E-state index is 9.81. The Kier molecular flexibility index (Phi) is 8.91. The van der Waals surface area contributed by atoms with E-state index in [0.717, 1.165) is 17.1 Å². The fourth-order valence-corrected chi connectivity index (χ4v) is 2.34. The average Bonchev–Trinajstić information content (AvgIpc) is 2.44. The number of benzene rings is 1. The standard InChI is InChI=1S/C15H25NO2S/c1-3-19-12-13(2)16-9-15(17)11-18-10-14-7-5-4-6-8-14/h4-8,13,15-17H,3,9-12H2,1-2H3. The second kappa shape index (κ2) is 10.3. The van der Waals surface area contributed by atoms with Crippen LogP contribution in [-0.2, 0) is 11.3 Å². The highest BCUT2D eigenvalue weighted by Gasteiger charge is 2.07. The number of ether oxygens (including phenoxy) is 1. The molecule has 1 aromatic carbocycles. The summed E-state index contributed by atoms with van der Waals surface area (Å²) in [7, 11) is 0. The number of hydrogen-bond donors (Lipinski definition) is 2. The Bertz CT molecular complexity index is 321. The Morgan fingerprint density at radius 3 is 2.74 bits per heavy atom. The summed E-state index contributed by atoms with van der Waals surface area (Å²) in [5.41, 5.74) is 1.13. The molecule has 4 heteroatoms. The first-order valence-corrected chi connectivity index (χ1v) is 7.98. The van der Waals surface area contributed by atoms with Crippen LogP contribution in [0.5, 0.6) is 0 Å². The van der Waals surface area contributed by atoms with Gasteiger partial charge in [-0.2, -0.15) is 11.8 Å². The van der Waals surface area contributed by atoms with Gasteiger partial charge in [0.1, 0.15) is 0 Å². The number of thioether (sulfide) groups is 1. The Hall–Kier alpha value is -0.550. The zero-order valence-electron chi connectivity index (χ0n) is 11.8. The molecule has 19 heavy (non-hydrogen) atoms. The molecular weight excluding hydrogens is 258 g/mol. The molecule has 0 heterocycles. The first kappa shape index (κ1) is 16.5. The molecule has 1 aromatic rings. The summed E-state index contributed by atoms with van der Waals surface area (Å²) in [5, 5.41) is 13.1. The molecule has 0 fully saturated rings. The highest BCUT2D eigenvalue weighted by Crippen LogP contribution is 2.02. The van der Waals surface area contributed by atoms with Crippen LogP contribution in [0.25, 0.3) is 0 Å². The van der Waals surface area contributed by atoms with Gasteiger partial charge >= 0.3 is 0 Å². The van der Waals surface area contributed by atoms with Gasteiger partial charge in [0.05, 0.1) is 19.3 Å². The van der Waals surface area contributed by atoms with Gasteiger partial charge in [-0.1, -0.05) is 37.3 Å². The molecular formula is C15H25NO2S. The van der Waals surface area contributed by atoms with Crippen LogP contribution in [0.1, 0.15) is 19.4 Å². The van der Waals surface area contributed by atoms with E-state index in [-0.39, 0.29) is 0 Å². The highest BCUT2D eigenvalue weighted by atomic mass is 32.2. The van der Waals surface area contributed by atoms with Crippen molar-refractivity contribution in [2.75, 3.05) is 24.7 Å². The minimum absolute atomic E-state index is 0.371. The molecule has 0 aliphatic carbocycles. The molecule has 0 radical (unpaired) electrons. The van der Waals surface area contributed by atoms with Crippen LogP contribution in [0, 0.1) is 0 Å². The zero-order valence-corrected chi connectivity index (χ0v) is 12.7. The maximum Gasteiger partial charge on any atom is 0.0897 e. The van der Waals surface area contributed by atoms with Crippen LogP contribution in [0.2, 0.25) is 0 Å². The number of rotatable bonds is 10. The number of nitrogens with one attached hydrogen (secondary N) is 1. The predicted molar refractivity (Wildman–Crippen MR) is 82.6 cm³/mol. The third-order valence-electron chi connectivity index (χ3n) is 2.70. The second-order valence-electron chi connectivity index (χ2n) is 4.62. The van der Waals surface area contributed by atoms with E-state index >= 15 is 0 Å². The summed E-state index contributed by atoms with van der Waals surface area (Å²) in [6.45, 7) is 5.80. The molecule has 0 spiro atoms. The van der Waals surface area contributed by atoms with E-state index in [4.69, 9.17) is 4.74 Å². The van der Waals surface area contributed by atoms with Gasteiger partial charge in [-0.25, -0.2) is 0 Å². The number of aliphatic hydroxyl groups is 1. The van der Waals surface area contributed by atoms with Crippen LogP contribution in [0.4, 0.5) is 0 Å². The number of aliphatic hydroxyl groups excluding tert-OH is 1. The van der Waals surface area contributed by atoms with Gasteiger partial charge in [0.2, 0.25) is 0 Å². The molecule has 1 rings (SSSR count). The van der Waals surface area contributed by atoms with Gasteiger partial charge in [-0.3, -0.25) is 0 Å². The van der Waals surface area contributed by atoms with Crippen LogP contribution in [0.3, 0.4) is 0 Å². The summed E-state index contributed by atoms with van der Waals surface area (Å²) in [6.07, 6.45) is -0.446. The Morgan fingerprint density at radius 2 is 2.05 bits per heavy atom. The summed E-state index contributed by atoms with van der Waals surface area (Å²) >= 11 is 1.91. The lowest BCUT2D eigenvalue weighted by Gasteiger charge is -2.16. The zero-order chi connectivity index (χ0) is 13.9. The molecule has 0 aromatic heterocycles. The lowest BCUT2D eigenvalue weighted by atomic mass is 10.2. The van der Waals surface area contributed by atoms with Crippen molar-refractivity contribution >= 4 is 11.8 Å². The van der Waals surface area contributed by atoms with Crippen molar-refractivity contribution < 1.29 is 9.84 Å². The van der Waals surface area contributed by atoms with Crippen molar-refractivity contribution in [1.82, 2.24) is 5.32 Å². The molecule has 0 bridgehead atoms. The molecule has 0 aliphatic heterocycles. The van der Waals surface area contributed by atoms with Gasteiger partial charge < -0.3 is 15.2 Å². The van der Waals surface area contributed by atoms with Crippen LogP contribution >= 0.6 is 11.8 Å². The van der Waals surface area contributed by atoms with Gasteiger partial charge in [-0.15, -0.1) is 0 Å². The summed E-state index contributed by atoms with van der Waals surface area (Å²) in [5.74, 6) is 2.21. The molecule has 2 unspecified atom stereocenters. The Morgan fingerprint density at radius 1 is 1.32 bits per heavy atom. The maximum absolute atomic E-state index is 9.81. The van der Waals surface area contributed by atoms with E-state index < -0.39 is 6.10 Å². The topological polar surface area (TPSA) is 41.5 Å². The van der Waals surface area contributed by atoms with E-state index in [0.29, 0.717) is 25.8 Å². The molecule has 0 saturated heterocycles. The summed E-state index contributed by atoms with van der Waals surface area (Å²) in [4.78, 5) is 0. The molecule has 2 N–H and O–H groups in total. The fraction of sp³-hybridized carbons (Fsp3) is 0.600. The smallest absolute Gasteiger partial charge is 0.0897 e. The number of hydrogen-bond acceptors (Lipinski definition) is 4. The molecule has 2 atom stereocenters. The van der Waals surface area contributed by atoms with Gasteiger partial charge in [0.15, 0.2) is 0 Å². The summed E-state index contributed by atoms with van der Waals surface area (Å²) in [6, 6.07) is 10.4. The van der Waals surface area contributed by atoms with Gasteiger partial charge in [0, 0.05) is 18.3 Å². The Labute approximate surface area is 120 Å². The van der Waals surface area contributed by atoms with Crippen molar-refractivity contribution in [3.05, 3.63) is 35.9 Å². The van der Waals surface area contributed by atoms with Crippen molar-refractivity contribution in [2.24, 2.45) is 0 Å². The van der Waals surface area contributed by atoms with Crippen LogP contribution in [0.15, 0.2) is 30.3 Å². The van der Waals surface area contributed by atoms with E-state index in [2.05, 4.69) is 19.2 Å². The molecule has 3 nitrogen and oxygen atoms in total. The van der Waals surface area contributed by atoms with Crippen LogP contribution in [-0.4, -0.2) is 41.9 Å². The third-order valence-corrected chi connectivity index (χ3v) is 3.84. The van der Waals surface area contributed by atoms with E-state index in [1.807, 2.05) is 42.1 Å². The average molecular weight is 283 g/mol.